The van der Waals surface area contributed by atoms with E-state index < -0.39 is 0 Å². The highest BCUT2D eigenvalue weighted by molar-refractivity contribution is 7.15. The number of anilines is 1. The number of amides is 1. The van der Waals surface area contributed by atoms with E-state index in [0.29, 0.717) is 11.6 Å². The molecule has 3 rings (SSSR count). The molecule has 1 N–H and O–H groups in total. The average molecular weight is 367 g/mol. The topological polar surface area (TPSA) is 64.1 Å². The van der Waals surface area contributed by atoms with Gasteiger partial charge in [-0.05, 0) is 29.7 Å². The first-order valence-corrected chi connectivity index (χ1v) is 9.32. The minimum absolute atomic E-state index is 0.0501. The predicted molar refractivity (Wildman–Crippen MR) is 104 cm³/mol. The van der Waals surface area contributed by atoms with Crippen molar-refractivity contribution in [1.29, 1.82) is 0 Å². The first-order chi connectivity index (χ1) is 12.7. The fraction of sp³-hybridized carbons (Fsp3) is 0.250. The molecule has 0 aliphatic heterocycles. The van der Waals surface area contributed by atoms with E-state index in [1.165, 1.54) is 11.3 Å². The van der Waals surface area contributed by atoms with E-state index in [0.717, 1.165) is 28.3 Å². The summed E-state index contributed by atoms with van der Waals surface area (Å²) in [6.45, 7) is 2.01. The molecule has 0 saturated heterocycles. The molecule has 1 amide bonds. The van der Waals surface area contributed by atoms with Gasteiger partial charge in [-0.25, -0.2) is 0 Å². The molecule has 0 fully saturated rings. The maximum atomic E-state index is 12.6. The molecule has 3 aromatic rings. The number of ether oxygens (including phenoxy) is 1. The summed E-state index contributed by atoms with van der Waals surface area (Å²) >= 11 is 1.40. The van der Waals surface area contributed by atoms with Crippen molar-refractivity contribution in [3.8, 4) is 5.75 Å². The van der Waals surface area contributed by atoms with Crippen LogP contribution in [-0.2, 0) is 11.2 Å². The van der Waals surface area contributed by atoms with Crippen molar-refractivity contribution >= 4 is 22.4 Å². The zero-order chi connectivity index (χ0) is 18.4. The van der Waals surface area contributed by atoms with Crippen molar-refractivity contribution < 1.29 is 9.53 Å². The maximum absolute atomic E-state index is 12.6. The molecule has 0 radical (unpaired) electrons. The van der Waals surface area contributed by atoms with Crippen LogP contribution in [-0.4, -0.2) is 23.2 Å². The molecule has 6 heteroatoms. The van der Waals surface area contributed by atoms with E-state index in [-0.39, 0.29) is 11.8 Å². The van der Waals surface area contributed by atoms with Crippen molar-refractivity contribution in [3.05, 3.63) is 70.7 Å². The number of benzene rings is 2. The van der Waals surface area contributed by atoms with Crippen LogP contribution in [0, 0.1) is 0 Å². The first-order valence-electron chi connectivity index (χ1n) is 8.50. The average Bonchev–Trinajstić information content (AvgIpc) is 3.10. The number of nitrogens with zero attached hydrogens (tertiary/aromatic N) is 2. The Labute approximate surface area is 157 Å². The van der Waals surface area contributed by atoms with Gasteiger partial charge in [-0.2, -0.15) is 0 Å². The number of carbonyl (C=O) groups is 1. The summed E-state index contributed by atoms with van der Waals surface area (Å²) in [6.07, 6.45) is 1.40. The second kappa shape index (κ2) is 8.58. The summed E-state index contributed by atoms with van der Waals surface area (Å²) in [5.41, 5.74) is 2.13. The Hall–Kier alpha value is -2.73. The highest BCUT2D eigenvalue weighted by Gasteiger charge is 2.20. The quantitative estimate of drug-likeness (QED) is 0.677. The van der Waals surface area contributed by atoms with E-state index in [1.807, 2.05) is 61.5 Å². The molecule has 134 valence electrons. The highest BCUT2D eigenvalue weighted by atomic mass is 32.1. The molecule has 0 saturated carbocycles. The fourth-order valence-electron chi connectivity index (χ4n) is 2.74. The summed E-state index contributed by atoms with van der Waals surface area (Å²) in [6, 6.07) is 17.6. The third-order valence-electron chi connectivity index (χ3n) is 4.14. The van der Waals surface area contributed by atoms with E-state index in [4.69, 9.17) is 4.74 Å². The Morgan fingerprint density at radius 3 is 2.50 bits per heavy atom. The third kappa shape index (κ3) is 4.46. The van der Waals surface area contributed by atoms with E-state index in [2.05, 4.69) is 15.5 Å². The van der Waals surface area contributed by atoms with Crippen LogP contribution in [0.2, 0.25) is 0 Å². The molecule has 2 aromatic carbocycles. The number of hydrogen-bond acceptors (Lipinski definition) is 5. The number of nitrogens with one attached hydrogen (secondary N) is 1. The summed E-state index contributed by atoms with van der Waals surface area (Å²) in [5, 5.41) is 12.6. The van der Waals surface area contributed by atoms with E-state index >= 15 is 0 Å². The number of hydrogen-bond donors (Lipinski definition) is 1. The van der Waals surface area contributed by atoms with Crippen molar-refractivity contribution in [1.82, 2.24) is 10.2 Å². The Bertz CT molecular complexity index is 847. The normalized spacial score (nSPS) is 11.8. The van der Waals surface area contributed by atoms with Gasteiger partial charge < -0.3 is 4.74 Å². The van der Waals surface area contributed by atoms with Crippen LogP contribution in [0.4, 0.5) is 5.13 Å². The third-order valence-corrected chi connectivity index (χ3v) is 4.98. The number of carbonyl (C=O) groups excluding carboxylic acids is 1. The number of rotatable bonds is 7. The molecule has 1 heterocycles. The van der Waals surface area contributed by atoms with Gasteiger partial charge in [0.1, 0.15) is 10.8 Å². The lowest BCUT2D eigenvalue weighted by Crippen LogP contribution is -2.20. The fourth-order valence-corrected chi connectivity index (χ4v) is 3.52. The Morgan fingerprint density at radius 1 is 1.12 bits per heavy atom. The zero-order valence-corrected chi connectivity index (χ0v) is 15.6. The lowest BCUT2D eigenvalue weighted by molar-refractivity contribution is -0.117. The zero-order valence-electron chi connectivity index (χ0n) is 14.8. The second-order valence-electron chi connectivity index (χ2n) is 5.89. The van der Waals surface area contributed by atoms with Crippen LogP contribution in [0.3, 0.4) is 0 Å². The molecule has 5 nitrogen and oxygen atoms in total. The van der Waals surface area contributed by atoms with Crippen LogP contribution >= 0.6 is 11.3 Å². The molecule has 0 bridgehead atoms. The van der Waals surface area contributed by atoms with E-state index in [1.54, 1.807) is 7.11 Å². The summed E-state index contributed by atoms with van der Waals surface area (Å²) in [4.78, 5) is 12.6. The maximum Gasteiger partial charge on any atom is 0.233 e. The van der Waals surface area contributed by atoms with Gasteiger partial charge in [-0.1, -0.05) is 60.7 Å². The molecule has 0 aliphatic rings. The van der Waals surface area contributed by atoms with Crippen molar-refractivity contribution in [3.63, 3.8) is 0 Å². The second-order valence-corrected chi connectivity index (χ2v) is 6.95. The standard InChI is InChI=1S/C20H21N3O2S/c1-3-17(15-7-5-4-6-8-15)19(24)21-20-23-22-18(26-20)13-14-9-11-16(25-2)12-10-14/h4-12,17H,3,13H2,1-2H3,(H,21,23,24)/t17-/m0/s1. The lowest BCUT2D eigenvalue weighted by Gasteiger charge is -2.13. The van der Waals surface area contributed by atoms with Crippen LogP contribution in [0.15, 0.2) is 54.6 Å². The van der Waals surface area contributed by atoms with Gasteiger partial charge in [0.25, 0.3) is 0 Å². The molecule has 0 aliphatic carbocycles. The van der Waals surface area contributed by atoms with Crippen LogP contribution in [0.25, 0.3) is 0 Å². The van der Waals surface area contributed by atoms with E-state index in [9.17, 15) is 4.79 Å². The Morgan fingerprint density at radius 2 is 1.85 bits per heavy atom. The largest absolute Gasteiger partial charge is 0.497 e. The van der Waals surface area contributed by atoms with Crippen LogP contribution in [0.1, 0.15) is 35.4 Å². The van der Waals surface area contributed by atoms with Gasteiger partial charge >= 0.3 is 0 Å². The lowest BCUT2D eigenvalue weighted by atomic mass is 9.96. The molecular weight excluding hydrogens is 346 g/mol. The predicted octanol–water partition coefficient (Wildman–Crippen LogP) is 4.27. The molecule has 1 atom stereocenters. The monoisotopic (exact) mass is 367 g/mol. The van der Waals surface area contributed by atoms with Gasteiger partial charge in [0.05, 0.1) is 13.0 Å². The Kier molecular flexibility index (Phi) is 5.96. The molecule has 0 unspecified atom stereocenters. The molecule has 26 heavy (non-hydrogen) atoms. The molecule has 1 aromatic heterocycles. The van der Waals surface area contributed by atoms with Gasteiger partial charge in [0.2, 0.25) is 11.0 Å². The van der Waals surface area contributed by atoms with Gasteiger partial charge in [0.15, 0.2) is 0 Å². The smallest absolute Gasteiger partial charge is 0.233 e. The van der Waals surface area contributed by atoms with Crippen molar-refractivity contribution in [2.75, 3.05) is 12.4 Å². The summed E-state index contributed by atoms with van der Waals surface area (Å²) < 4.78 is 5.16. The molecule has 0 spiro atoms. The number of aromatic nitrogens is 2. The summed E-state index contributed by atoms with van der Waals surface area (Å²) in [5.74, 6) is 0.585. The highest BCUT2D eigenvalue weighted by Crippen LogP contribution is 2.24. The van der Waals surface area contributed by atoms with Crippen LogP contribution in [0.5, 0.6) is 5.75 Å². The van der Waals surface area contributed by atoms with Gasteiger partial charge in [0, 0.05) is 6.42 Å². The summed E-state index contributed by atoms with van der Waals surface area (Å²) in [7, 11) is 1.65. The minimum Gasteiger partial charge on any atom is -0.497 e. The Balaban J connectivity index is 1.64. The SMILES string of the molecule is CC[C@H](C(=O)Nc1nnc(Cc2ccc(OC)cc2)s1)c1ccccc1. The van der Waals surface area contributed by atoms with Gasteiger partial charge in [-0.3, -0.25) is 10.1 Å². The number of methoxy groups -OCH3 is 1. The molecular formula is C20H21N3O2S. The van der Waals surface area contributed by atoms with Crippen molar-refractivity contribution in [2.24, 2.45) is 0 Å². The van der Waals surface area contributed by atoms with Crippen molar-refractivity contribution in [2.45, 2.75) is 25.7 Å². The minimum atomic E-state index is -0.190. The van der Waals surface area contributed by atoms with Crippen LogP contribution < -0.4 is 10.1 Å². The van der Waals surface area contributed by atoms with Gasteiger partial charge in [-0.15, -0.1) is 10.2 Å². The first kappa shape index (κ1) is 18.1.